The maximum absolute atomic E-state index is 9.47. The van der Waals surface area contributed by atoms with Crippen LogP contribution in [0.5, 0.6) is 0 Å². The van der Waals surface area contributed by atoms with E-state index in [1.807, 2.05) is 0 Å². The molecule has 1 aliphatic heterocycles. The first kappa shape index (κ1) is 12.4. The van der Waals surface area contributed by atoms with Gasteiger partial charge in [0.2, 0.25) is 0 Å². The fourth-order valence-corrected chi connectivity index (χ4v) is 2.32. The van der Waals surface area contributed by atoms with Crippen molar-refractivity contribution in [2.45, 2.75) is 32.4 Å². The van der Waals surface area contributed by atoms with Gasteiger partial charge in [0.05, 0.1) is 12.6 Å². The van der Waals surface area contributed by atoms with E-state index < -0.39 is 0 Å². The maximum atomic E-state index is 9.47. The topological polar surface area (TPSA) is 35.5 Å². The first-order valence-corrected chi connectivity index (χ1v) is 6.21. The molecule has 94 valence electrons. The quantitative estimate of drug-likeness (QED) is 0.815. The zero-order chi connectivity index (χ0) is 12.5. The van der Waals surface area contributed by atoms with Crippen molar-refractivity contribution in [2.24, 2.45) is 0 Å². The van der Waals surface area contributed by atoms with Gasteiger partial charge in [0.1, 0.15) is 0 Å². The first-order valence-electron chi connectivity index (χ1n) is 6.21. The van der Waals surface area contributed by atoms with Gasteiger partial charge >= 0.3 is 0 Å². The second-order valence-corrected chi connectivity index (χ2v) is 5.56. The van der Waals surface area contributed by atoms with E-state index in [1.165, 1.54) is 11.3 Å². The second-order valence-electron chi connectivity index (χ2n) is 5.56. The lowest BCUT2D eigenvalue weighted by molar-refractivity contribution is 0.215. The van der Waals surface area contributed by atoms with Crippen LogP contribution in [0.1, 0.15) is 19.4 Å². The van der Waals surface area contributed by atoms with Gasteiger partial charge in [-0.2, -0.15) is 0 Å². The summed E-state index contributed by atoms with van der Waals surface area (Å²) in [7, 11) is 0. The van der Waals surface area contributed by atoms with Gasteiger partial charge in [0.25, 0.3) is 0 Å². The lowest BCUT2D eigenvalue weighted by Crippen LogP contribution is -2.62. The van der Waals surface area contributed by atoms with Crippen molar-refractivity contribution >= 4 is 5.69 Å². The molecule has 1 saturated heterocycles. The minimum Gasteiger partial charge on any atom is -0.394 e. The Hall–Kier alpha value is -1.06. The monoisotopic (exact) mass is 234 g/mol. The molecule has 0 aromatic heterocycles. The zero-order valence-electron chi connectivity index (χ0n) is 10.9. The molecule has 1 fully saturated rings. The SMILES string of the molecule is Cc1ccc(N2CC(C)(C)NCC2CO)cc1. The zero-order valence-corrected chi connectivity index (χ0v) is 10.9. The van der Waals surface area contributed by atoms with E-state index in [1.54, 1.807) is 0 Å². The largest absolute Gasteiger partial charge is 0.394 e. The molecular formula is C14H22N2O. The number of anilines is 1. The summed E-state index contributed by atoms with van der Waals surface area (Å²) >= 11 is 0. The van der Waals surface area contributed by atoms with Crippen molar-refractivity contribution in [2.75, 3.05) is 24.6 Å². The lowest BCUT2D eigenvalue weighted by atomic mass is 9.98. The molecule has 1 aromatic carbocycles. The number of piperazine rings is 1. The van der Waals surface area contributed by atoms with Crippen molar-refractivity contribution in [3.05, 3.63) is 29.8 Å². The molecule has 1 aliphatic rings. The summed E-state index contributed by atoms with van der Waals surface area (Å²) in [6.07, 6.45) is 0. The second kappa shape index (κ2) is 4.67. The average molecular weight is 234 g/mol. The number of aryl methyl sites for hydroxylation is 1. The van der Waals surface area contributed by atoms with Gasteiger partial charge in [0, 0.05) is 24.3 Å². The summed E-state index contributed by atoms with van der Waals surface area (Å²) in [6.45, 7) is 8.42. The van der Waals surface area contributed by atoms with Gasteiger partial charge in [-0.25, -0.2) is 0 Å². The smallest absolute Gasteiger partial charge is 0.0647 e. The molecule has 1 heterocycles. The molecule has 0 spiro atoms. The number of hydrogen-bond acceptors (Lipinski definition) is 3. The summed E-state index contributed by atoms with van der Waals surface area (Å²) in [5, 5.41) is 12.9. The lowest BCUT2D eigenvalue weighted by Gasteiger charge is -2.45. The molecule has 17 heavy (non-hydrogen) atoms. The van der Waals surface area contributed by atoms with Gasteiger partial charge in [-0.1, -0.05) is 17.7 Å². The summed E-state index contributed by atoms with van der Waals surface area (Å²) in [4.78, 5) is 2.30. The third kappa shape index (κ3) is 2.79. The van der Waals surface area contributed by atoms with Crippen LogP contribution in [0.3, 0.4) is 0 Å². The molecular weight excluding hydrogens is 212 g/mol. The molecule has 1 aromatic rings. The van der Waals surface area contributed by atoms with E-state index in [9.17, 15) is 5.11 Å². The predicted molar refractivity (Wildman–Crippen MR) is 71.5 cm³/mol. The van der Waals surface area contributed by atoms with Gasteiger partial charge in [-0.15, -0.1) is 0 Å². The number of rotatable bonds is 2. The summed E-state index contributed by atoms with van der Waals surface area (Å²) in [6, 6.07) is 8.70. The number of hydrogen-bond donors (Lipinski definition) is 2. The minimum atomic E-state index is 0.0938. The molecule has 0 saturated carbocycles. The standard InChI is InChI=1S/C14H22N2O/c1-11-4-6-12(7-5-11)16-10-14(2,3)15-8-13(16)9-17/h4-7,13,15,17H,8-10H2,1-3H3. The van der Waals surface area contributed by atoms with Crippen molar-refractivity contribution in [3.63, 3.8) is 0 Å². The molecule has 3 nitrogen and oxygen atoms in total. The van der Waals surface area contributed by atoms with Crippen LogP contribution in [-0.4, -0.2) is 36.4 Å². The number of nitrogens with one attached hydrogen (secondary N) is 1. The van der Waals surface area contributed by atoms with Crippen LogP contribution in [0.4, 0.5) is 5.69 Å². The highest BCUT2D eigenvalue weighted by atomic mass is 16.3. The van der Waals surface area contributed by atoms with E-state index in [4.69, 9.17) is 0 Å². The number of benzene rings is 1. The Balaban J connectivity index is 2.23. The van der Waals surface area contributed by atoms with Crippen LogP contribution in [-0.2, 0) is 0 Å². The van der Waals surface area contributed by atoms with Gasteiger partial charge in [0.15, 0.2) is 0 Å². The molecule has 3 heteroatoms. The Morgan fingerprint density at radius 1 is 1.35 bits per heavy atom. The molecule has 1 atom stereocenters. The Morgan fingerprint density at radius 3 is 2.59 bits per heavy atom. The summed E-state index contributed by atoms with van der Waals surface area (Å²) in [5.41, 5.74) is 2.56. The number of aliphatic hydroxyl groups excluding tert-OH is 1. The first-order chi connectivity index (χ1) is 8.02. The predicted octanol–water partition coefficient (Wildman–Crippen LogP) is 1.54. The van der Waals surface area contributed by atoms with Crippen LogP contribution in [0.2, 0.25) is 0 Å². The molecule has 0 radical (unpaired) electrons. The van der Waals surface area contributed by atoms with Gasteiger partial charge < -0.3 is 15.3 Å². The Morgan fingerprint density at radius 2 is 2.00 bits per heavy atom. The van der Waals surface area contributed by atoms with Crippen molar-refractivity contribution in [1.82, 2.24) is 5.32 Å². The Kier molecular flexibility index (Phi) is 3.40. The Bertz CT molecular complexity index is 372. The highest BCUT2D eigenvalue weighted by Gasteiger charge is 2.32. The number of aliphatic hydroxyl groups is 1. The van der Waals surface area contributed by atoms with Crippen molar-refractivity contribution in [3.8, 4) is 0 Å². The van der Waals surface area contributed by atoms with Crippen LogP contribution in [0, 0.1) is 6.92 Å². The number of nitrogens with zero attached hydrogens (tertiary/aromatic N) is 1. The fourth-order valence-electron chi connectivity index (χ4n) is 2.32. The van der Waals surface area contributed by atoms with E-state index in [0.717, 1.165) is 13.1 Å². The molecule has 1 unspecified atom stereocenters. The average Bonchev–Trinajstić information content (AvgIpc) is 2.29. The molecule has 0 amide bonds. The van der Waals surface area contributed by atoms with E-state index in [-0.39, 0.29) is 18.2 Å². The molecule has 2 N–H and O–H groups in total. The van der Waals surface area contributed by atoms with E-state index in [0.29, 0.717) is 0 Å². The van der Waals surface area contributed by atoms with E-state index in [2.05, 4.69) is 55.3 Å². The molecule has 2 rings (SSSR count). The third-order valence-corrected chi connectivity index (χ3v) is 3.40. The van der Waals surface area contributed by atoms with Crippen LogP contribution < -0.4 is 10.2 Å². The van der Waals surface area contributed by atoms with Crippen molar-refractivity contribution < 1.29 is 5.11 Å². The molecule has 0 bridgehead atoms. The van der Waals surface area contributed by atoms with Crippen LogP contribution in [0.15, 0.2) is 24.3 Å². The van der Waals surface area contributed by atoms with Crippen LogP contribution in [0.25, 0.3) is 0 Å². The summed E-state index contributed by atoms with van der Waals surface area (Å²) in [5.74, 6) is 0. The fraction of sp³-hybridized carbons (Fsp3) is 0.571. The third-order valence-electron chi connectivity index (χ3n) is 3.40. The minimum absolute atomic E-state index is 0.0938. The highest BCUT2D eigenvalue weighted by molar-refractivity contribution is 5.49. The summed E-state index contributed by atoms with van der Waals surface area (Å²) < 4.78 is 0. The van der Waals surface area contributed by atoms with E-state index >= 15 is 0 Å². The van der Waals surface area contributed by atoms with Crippen LogP contribution >= 0.6 is 0 Å². The van der Waals surface area contributed by atoms with Gasteiger partial charge in [-0.05, 0) is 32.9 Å². The highest BCUT2D eigenvalue weighted by Crippen LogP contribution is 2.23. The van der Waals surface area contributed by atoms with Crippen molar-refractivity contribution in [1.29, 1.82) is 0 Å². The maximum Gasteiger partial charge on any atom is 0.0647 e. The van der Waals surface area contributed by atoms with Gasteiger partial charge in [-0.3, -0.25) is 0 Å². The molecule has 0 aliphatic carbocycles. The Labute approximate surface area is 103 Å². The normalized spacial score (nSPS) is 23.8.